The van der Waals surface area contributed by atoms with Gasteiger partial charge in [0.05, 0.1) is 0 Å². The maximum atomic E-state index is 14.0. The fourth-order valence-corrected chi connectivity index (χ4v) is 6.60. The first-order valence-electron chi connectivity index (χ1n) is 16.8. The van der Waals surface area contributed by atoms with E-state index in [2.05, 4.69) is 20.9 Å². The van der Waals surface area contributed by atoms with Crippen molar-refractivity contribution in [1.82, 2.24) is 25.8 Å². The van der Waals surface area contributed by atoms with E-state index in [0.29, 0.717) is 12.8 Å². The number of carbonyl (C=O) groups is 6. The lowest BCUT2D eigenvalue weighted by molar-refractivity contribution is -0.146. The van der Waals surface area contributed by atoms with Crippen LogP contribution in [-0.4, -0.2) is 87.1 Å². The molecule has 0 aliphatic carbocycles. The van der Waals surface area contributed by atoms with Crippen LogP contribution in [0.25, 0.3) is 21.7 Å². The molecule has 7 N–H and O–H groups in total. The van der Waals surface area contributed by atoms with Crippen molar-refractivity contribution in [3.05, 3.63) is 84.1 Å². The lowest BCUT2D eigenvalue weighted by Gasteiger charge is -2.37. The van der Waals surface area contributed by atoms with Gasteiger partial charge >= 0.3 is 5.97 Å². The molecule has 0 spiro atoms. The number of aliphatic carboxylic acids is 1. The van der Waals surface area contributed by atoms with Crippen molar-refractivity contribution >= 4 is 68.8 Å². The highest BCUT2D eigenvalue weighted by Crippen LogP contribution is 2.22. The highest BCUT2D eigenvalue weighted by Gasteiger charge is 2.38. The Morgan fingerprint density at radius 3 is 2.37 bits per heavy atom. The fourth-order valence-electron chi connectivity index (χ4n) is 6.52. The second-order valence-electron chi connectivity index (χ2n) is 12.7. The summed E-state index contributed by atoms with van der Waals surface area (Å²) < 4.78 is 0. The van der Waals surface area contributed by atoms with Crippen molar-refractivity contribution in [1.29, 1.82) is 0 Å². The van der Waals surface area contributed by atoms with Crippen LogP contribution < -0.4 is 21.7 Å². The topological polar surface area (TPSA) is 204 Å². The molecule has 268 valence electrons. The number of primary amides is 1. The molecule has 1 aromatic heterocycles. The van der Waals surface area contributed by atoms with Gasteiger partial charge in [-0.2, -0.15) is 0 Å². The number of amides is 5. The van der Waals surface area contributed by atoms with E-state index in [1.807, 2.05) is 66.7 Å². The second kappa shape index (κ2) is 17.0. The number of benzene rings is 3. The van der Waals surface area contributed by atoms with E-state index in [1.54, 1.807) is 6.20 Å². The van der Waals surface area contributed by atoms with Crippen molar-refractivity contribution in [3.8, 4) is 0 Å². The van der Waals surface area contributed by atoms with E-state index < -0.39 is 72.0 Å². The summed E-state index contributed by atoms with van der Waals surface area (Å²) in [5, 5.41) is 20.1. The smallest absolute Gasteiger partial charge is 0.303 e. The highest BCUT2D eigenvalue weighted by molar-refractivity contribution is 6.27. The number of para-hydroxylation sites is 1. The molecule has 0 unspecified atom stereocenters. The number of aromatic nitrogens is 1. The van der Waals surface area contributed by atoms with Gasteiger partial charge in [-0.25, -0.2) is 0 Å². The minimum atomic E-state index is -1.21. The normalized spacial score (nSPS) is 16.2. The van der Waals surface area contributed by atoms with E-state index in [-0.39, 0.29) is 32.2 Å². The van der Waals surface area contributed by atoms with Gasteiger partial charge in [0.25, 0.3) is 0 Å². The van der Waals surface area contributed by atoms with E-state index >= 15 is 0 Å². The maximum Gasteiger partial charge on any atom is 0.303 e. The van der Waals surface area contributed by atoms with Gasteiger partial charge in [0.2, 0.25) is 29.5 Å². The first-order valence-corrected chi connectivity index (χ1v) is 17.4. The van der Waals surface area contributed by atoms with E-state index in [0.717, 1.165) is 32.8 Å². The Morgan fingerprint density at radius 1 is 0.882 bits per heavy atom. The summed E-state index contributed by atoms with van der Waals surface area (Å²) in [4.78, 5) is 82.4. The van der Waals surface area contributed by atoms with Crippen molar-refractivity contribution in [3.63, 3.8) is 0 Å². The molecular formula is C37H41ClN6O7. The molecule has 1 aliphatic rings. The van der Waals surface area contributed by atoms with Crippen molar-refractivity contribution in [2.75, 3.05) is 12.4 Å². The van der Waals surface area contributed by atoms with Crippen LogP contribution in [0.3, 0.4) is 0 Å². The Balaban J connectivity index is 1.39. The van der Waals surface area contributed by atoms with Crippen LogP contribution in [0.1, 0.15) is 43.2 Å². The third-order valence-corrected chi connectivity index (χ3v) is 9.38. The van der Waals surface area contributed by atoms with Crippen molar-refractivity contribution < 1.29 is 33.9 Å². The SMILES string of the molecule is NC(=O)[C@H](Cc1c[nH]c2ccccc12)NC(=O)[C@H](Cc1ccc2ccccc2c1)NC(=O)[C@@H]1CCCCN1C(=O)[C@H](CCC(=O)O)NC(=O)CCl. The maximum absolute atomic E-state index is 14.0. The molecule has 4 aromatic rings. The number of hydrogen-bond acceptors (Lipinski definition) is 6. The molecule has 1 fully saturated rings. The van der Waals surface area contributed by atoms with Gasteiger partial charge in [0, 0.05) is 42.9 Å². The van der Waals surface area contributed by atoms with Gasteiger partial charge in [0.1, 0.15) is 30.0 Å². The zero-order valence-electron chi connectivity index (χ0n) is 27.9. The standard InChI is InChI=1S/C37H41ClN6O7/c38-20-32(45)41-28(14-15-33(46)47)37(51)44-16-6-5-11-31(44)36(50)43-30(18-22-12-13-23-7-1-2-8-24(23)17-22)35(49)42-29(34(39)48)19-25-21-40-27-10-4-3-9-26(25)27/h1-4,7-10,12-13,17,21,28-31,40H,5-6,11,14-16,18-20H2,(H2,39,48)(H,41,45)(H,42,49)(H,43,50)(H,46,47)/t28-,29-,30-,31-/m0/s1. The monoisotopic (exact) mass is 716 g/mol. The fraction of sp³-hybridized carbons (Fsp3) is 0.351. The third-order valence-electron chi connectivity index (χ3n) is 9.14. The Bertz CT molecular complexity index is 1930. The van der Waals surface area contributed by atoms with E-state index in [4.69, 9.17) is 17.3 Å². The molecule has 3 aromatic carbocycles. The van der Waals surface area contributed by atoms with Crippen molar-refractivity contribution in [2.24, 2.45) is 5.73 Å². The number of nitrogens with one attached hydrogen (secondary N) is 4. The zero-order chi connectivity index (χ0) is 36.5. The van der Waals surface area contributed by atoms with E-state index in [1.165, 1.54) is 4.90 Å². The lowest BCUT2D eigenvalue weighted by Crippen LogP contribution is -2.60. The number of rotatable bonds is 15. The van der Waals surface area contributed by atoms with Gasteiger partial charge in [0.15, 0.2) is 0 Å². The number of fused-ring (bicyclic) bond motifs is 2. The van der Waals surface area contributed by atoms with Gasteiger partial charge in [-0.3, -0.25) is 28.8 Å². The predicted octanol–water partition coefficient (Wildman–Crippen LogP) is 2.53. The summed E-state index contributed by atoms with van der Waals surface area (Å²) in [7, 11) is 0. The summed E-state index contributed by atoms with van der Waals surface area (Å²) in [6.45, 7) is 0.188. The second-order valence-corrected chi connectivity index (χ2v) is 13.0. The average Bonchev–Trinajstić information content (AvgIpc) is 3.54. The number of hydrogen-bond donors (Lipinski definition) is 6. The van der Waals surface area contributed by atoms with Gasteiger partial charge in [-0.15, -0.1) is 11.6 Å². The molecular weight excluding hydrogens is 676 g/mol. The van der Waals surface area contributed by atoms with Crippen LogP contribution in [0.4, 0.5) is 0 Å². The highest BCUT2D eigenvalue weighted by atomic mass is 35.5. The Morgan fingerprint density at radius 2 is 1.63 bits per heavy atom. The molecule has 2 heterocycles. The molecule has 5 rings (SSSR count). The predicted molar refractivity (Wildman–Crippen MR) is 192 cm³/mol. The van der Waals surface area contributed by atoms with E-state index in [9.17, 15) is 33.9 Å². The molecule has 0 saturated carbocycles. The number of carboxylic acids is 1. The van der Waals surface area contributed by atoms with Crippen LogP contribution in [-0.2, 0) is 41.6 Å². The van der Waals surface area contributed by atoms with Crippen molar-refractivity contribution in [2.45, 2.75) is 69.1 Å². The summed E-state index contributed by atoms with van der Waals surface area (Å²) >= 11 is 5.65. The molecule has 14 heteroatoms. The number of H-pyrrole nitrogens is 1. The first-order chi connectivity index (χ1) is 24.5. The quantitative estimate of drug-likeness (QED) is 0.101. The first kappa shape index (κ1) is 36.8. The molecule has 5 amide bonds. The number of nitrogens with two attached hydrogens (primary N) is 1. The number of carbonyl (C=O) groups excluding carboxylic acids is 5. The summed E-state index contributed by atoms with van der Waals surface area (Å²) in [5.41, 5.74) is 8.16. The minimum absolute atomic E-state index is 0.0641. The number of halogens is 1. The van der Waals surface area contributed by atoms with Crippen LogP contribution in [0.5, 0.6) is 0 Å². The van der Waals surface area contributed by atoms with Crippen LogP contribution in [0.15, 0.2) is 72.9 Å². The van der Waals surface area contributed by atoms with Gasteiger partial charge in [-0.05, 0) is 53.6 Å². The van der Waals surface area contributed by atoms with Crippen LogP contribution >= 0.6 is 11.6 Å². The number of aromatic amines is 1. The number of nitrogens with zero attached hydrogens (tertiary/aromatic N) is 1. The van der Waals surface area contributed by atoms with Gasteiger partial charge < -0.3 is 36.7 Å². The number of carboxylic acid groups (broad SMARTS) is 1. The summed E-state index contributed by atoms with van der Waals surface area (Å²) in [6.07, 6.45) is 2.83. The van der Waals surface area contributed by atoms with Gasteiger partial charge in [-0.1, -0.05) is 60.7 Å². The third kappa shape index (κ3) is 9.43. The number of piperidine rings is 1. The molecule has 0 bridgehead atoms. The molecule has 4 atom stereocenters. The van der Waals surface area contributed by atoms with Crippen LogP contribution in [0, 0.1) is 0 Å². The molecule has 1 saturated heterocycles. The molecule has 0 radical (unpaired) electrons. The zero-order valence-corrected chi connectivity index (χ0v) is 28.7. The van der Waals surface area contributed by atoms with Crippen LogP contribution in [0.2, 0.25) is 0 Å². The average molecular weight is 717 g/mol. The minimum Gasteiger partial charge on any atom is -0.481 e. The number of alkyl halides is 1. The summed E-state index contributed by atoms with van der Waals surface area (Å²) in [5.74, 6) is -4.83. The Hall–Kier alpha value is -5.43. The number of likely N-dealkylation sites (tertiary alicyclic amines) is 1. The largest absolute Gasteiger partial charge is 0.481 e. The Labute approximate surface area is 299 Å². The summed E-state index contributed by atoms with van der Waals surface area (Å²) in [6, 6.07) is 16.5. The molecule has 1 aliphatic heterocycles. The molecule has 51 heavy (non-hydrogen) atoms. The Kier molecular flexibility index (Phi) is 12.3. The molecule has 13 nitrogen and oxygen atoms in total. The lowest BCUT2D eigenvalue weighted by atomic mass is 9.97.